The van der Waals surface area contributed by atoms with Gasteiger partial charge in [0.15, 0.2) is 5.78 Å². The molecule has 3 heteroatoms. The predicted octanol–water partition coefficient (Wildman–Crippen LogP) is 2.79. The minimum absolute atomic E-state index is 0.0192. The lowest BCUT2D eigenvalue weighted by molar-refractivity contribution is 0.0788. The first-order valence-electron chi connectivity index (χ1n) is 8.03. The number of benzene rings is 1. The third-order valence-electron chi connectivity index (χ3n) is 4.89. The van der Waals surface area contributed by atoms with Crippen molar-refractivity contribution in [2.45, 2.75) is 47.1 Å². The number of carbonyl (C=O) groups excluding carboxylic acids is 1. The van der Waals surface area contributed by atoms with Gasteiger partial charge < -0.3 is 5.32 Å². The molecule has 1 aliphatic heterocycles. The van der Waals surface area contributed by atoms with Crippen LogP contribution < -0.4 is 5.32 Å². The van der Waals surface area contributed by atoms with Crippen molar-refractivity contribution in [2.24, 2.45) is 0 Å². The first-order valence-corrected chi connectivity index (χ1v) is 8.03. The molecule has 0 amide bonds. The minimum atomic E-state index is 0.0192. The average molecular weight is 288 g/mol. The van der Waals surface area contributed by atoms with Crippen molar-refractivity contribution in [3.63, 3.8) is 0 Å². The molecule has 1 aliphatic rings. The van der Waals surface area contributed by atoms with Crippen molar-refractivity contribution < 1.29 is 4.79 Å². The Morgan fingerprint density at radius 3 is 2.14 bits per heavy atom. The number of rotatable bonds is 4. The summed E-state index contributed by atoms with van der Waals surface area (Å²) < 4.78 is 0. The standard InChI is InChI=1S/C18H28N2O/c1-6-16(20-9-7-19-8-10-20)18(21)17-14(4)12(2)11-13(3)15(17)5/h11,16,19H,6-10H2,1-5H3. The molecule has 0 bridgehead atoms. The molecule has 1 aromatic rings. The second-order valence-electron chi connectivity index (χ2n) is 6.21. The number of aryl methyl sites for hydroxylation is 2. The maximum absolute atomic E-state index is 13.2. The van der Waals surface area contributed by atoms with Gasteiger partial charge in [0.25, 0.3) is 0 Å². The van der Waals surface area contributed by atoms with E-state index in [1.54, 1.807) is 0 Å². The number of hydrogen-bond donors (Lipinski definition) is 1. The van der Waals surface area contributed by atoms with Gasteiger partial charge in [0.2, 0.25) is 0 Å². The van der Waals surface area contributed by atoms with E-state index in [2.05, 4.69) is 50.9 Å². The Morgan fingerprint density at radius 2 is 1.67 bits per heavy atom. The van der Waals surface area contributed by atoms with Gasteiger partial charge in [0.1, 0.15) is 0 Å². The summed E-state index contributed by atoms with van der Waals surface area (Å²) in [6.45, 7) is 14.4. The van der Waals surface area contributed by atoms with Crippen LogP contribution in [0.1, 0.15) is 46.0 Å². The number of piperazine rings is 1. The number of hydrogen-bond acceptors (Lipinski definition) is 3. The predicted molar refractivity (Wildman–Crippen MR) is 88.2 cm³/mol. The second-order valence-corrected chi connectivity index (χ2v) is 6.21. The molecule has 3 nitrogen and oxygen atoms in total. The zero-order chi connectivity index (χ0) is 15.6. The Morgan fingerprint density at radius 1 is 1.14 bits per heavy atom. The monoisotopic (exact) mass is 288 g/mol. The molecule has 1 saturated heterocycles. The molecule has 0 aromatic heterocycles. The Balaban J connectivity index is 2.37. The van der Waals surface area contributed by atoms with Crippen LogP contribution in [0.2, 0.25) is 0 Å². The van der Waals surface area contributed by atoms with Crippen molar-refractivity contribution in [1.29, 1.82) is 0 Å². The number of carbonyl (C=O) groups is 1. The van der Waals surface area contributed by atoms with E-state index in [4.69, 9.17) is 0 Å². The highest BCUT2D eigenvalue weighted by Crippen LogP contribution is 2.25. The van der Waals surface area contributed by atoms with Gasteiger partial charge in [-0.05, 0) is 56.4 Å². The number of nitrogens with zero attached hydrogens (tertiary/aromatic N) is 1. The Labute approximate surface area is 128 Å². The summed E-state index contributed by atoms with van der Waals surface area (Å²) in [5.74, 6) is 0.307. The van der Waals surface area contributed by atoms with Gasteiger partial charge >= 0.3 is 0 Å². The smallest absolute Gasteiger partial charge is 0.180 e. The SMILES string of the molecule is CCC(C(=O)c1c(C)c(C)cc(C)c1C)N1CCNCC1. The molecular weight excluding hydrogens is 260 g/mol. The molecular formula is C18H28N2O. The van der Waals surface area contributed by atoms with Gasteiger partial charge in [-0.2, -0.15) is 0 Å². The van der Waals surface area contributed by atoms with E-state index in [1.165, 1.54) is 11.1 Å². The second kappa shape index (κ2) is 6.71. The largest absolute Gasteiger partial charge is 0.314 e. The Bertz CT molecular complexity index is 504. The lowest BCUT2D eigenvalue weighted by Gasteiger charge is -2.34. The normalized spacial score (nSPS) is 17.8. The molecule has 1 heterocycles. The number of ketones is 1. The van der Waals surface area contributed by atoms with E-state index in [-0.39, 0.29) is 6.04 Å². The molecule has 1 unspecified atom stereocenters. The molecule has 0 radical (unpaired) electrons. The van der Waals surface area contributed by atoms with Gasteiger partial charge in [0, 0.05) is 31.7 Å². The average Bonchev–Trinajstić information content (AvgIpc) is 2.47. The highest BCUT2D eigenvalue weighted by Gasteiger charge is 2.28. The fourth-order valence-corrected chi connectivity index (χ4v) is 3.36. The van der Waals surface area contributed by atoms with Crippen molar-refractivity contribution in [3.8, 4) is 0 Å². The van der Waals surface area contributed by atoms with Crippen molar-refractivity contribution in [1.82, 2.24) is 10.2 Å². The van der Waals surface area contributed by atoms with Crippen molar-refractivity contribution in [3.05, 3.63) is 33.9 Å². The molecule has 1 aromatic carbocycles. The first kappa shape index (κ1) is 16.2. The summed E-state index contributed by atoms with van der Waals surface area (Å²) in [5.41, 5.74) is 5.69. The first-order chi connectivity index (χ1) is 9.97. The lowest BCUT2D eigenvalue weighted by Crippen LogP contribution is -2.51. The fourth-order valence-electron chi connectivity index (χ4n) is 3.36. The van der Waals surface area contributed by atoms with Crippen LogP contribution in [0.15, 0.2) is 6.07 Å². The van der Waals surface area contributed by atoms with Crippen LogP contribution in [-0.2, 0) is 0 Å². The molecule has 0 aliphatic carbocycles. The number of nitrogens with one attached hydrogen (secondary N) is 1. The summed E-state index contributed by atoms with van der Waals surface area (Å²) in [6.07, 6.45) is 0.880. The molecule has 1 fully saturated rings. The van der Waals surface area contributed by atoms with E-state index in [0.29, 0.717) is 5.78 Å². The minimum Gasteiger partial charge on any atom is -0.314 e. The molecule has 1 N–H and O–H groups in total. The van der Waals surface area contributed by atoms with Gasteiger partial charge in [-0.1, -0.05) is 13.0 Å². The third-order valence-corrected chi connectivity index (χ3v) is 4.89. The summed E-state index contributed by atoms with van der Waals surface area (Å²) in [4.78, 5) is 15.5. The zero-order valence-corrected chi connectivity index (χ0v) is 14.0. The summed E-state index contributed by atoms with van der Waals surface area (Å²) in [6, 6.07) is 2.21. The maximum atomic E-state index is 13.2. The lowest BCUT2D eigenvalue weighted by atomic mass is 9.88. The topological polar surface area (TPSA) is 32.3 Å². The van der Waals surface area contributed by atoms with E-state index < -0.39 is 0 Å². The molecule has 1 atom stereocenters. The molecule has 0 saturated carbocycles. The maximum Gasteiger partial charge on any atom is 0.180 e. The van der Waals surface area contributed by atoms with Crippen molar-refractivity contribution >= 4 is 5.78 Å². The highest BCUT2D eigenvalue weighted by molar-refractivity contribution is 6.03. The third kappa shape index (κ3) is 3.19. The van der Waals surface area contributed by atoms with Crippen LogP contribution in [0.25, 0.3) is 0 Å². The zero-order valence-electron chi connectivity index (χ0n) is 14.0. The Kier molecular flexibility index (Phi) is 5.17. The molecule has 21 heavy (non-hydrogen) atoms. The van der Waals surface area contributed by atoms with E-state index >= 15 is 0 Å². The van der Waals surface area contributed by atoms with E-state index in [0.717, 1.165) is 49.3 Å². The van der Waals surface area contributed by atoms with E-state index in [1.807, 2.05) is 0 Å². The summed E-state index contributed by atoms with van der Waals surface area (Å²) >= 11 is 0. The van der Waals surface area contributed by atoms with Crippen LogP contribution >= 0.6 is 0 Å². The van der Waals surface area contributed by atoms with Crippen LogP contribution in [0.4, 0.5) is 0 Å². The van der Waals surface area contributed by atoms with Crippen LogP contribution in [0, 0.1) is 27.7 Å². The van der Waals surface area contributed by atoms with Crippen LogP contribution in [-0.4, -0.2) is 42.9 Å². The molecule has 2 rings (SSSR count). The summed E-state index contributed by atoms with van der Waals surface area (Å²) in [5, 5.41) is 3.36. The van der Waals surface area contributed by atoms with Gasteiger partial charge in [-0.15, -0.1) is 0 Å². The highest BCUT2D eigenvalue weighted by atomic mass is 16.1. The fraction of sp³-hybridized carbons (Fsp3) is 0.611. The number of Topliss-reactive ketones (excluding diaryl/α,β-unsaturated/α-hetero) is 1. The molecule has 0 spiro atoms. The van der Waals surface area contributed by atoms with Crippen LogP contribution in [0.5, 0.6) is 0 Å². The van der Waals surface area contributed by atoms with Gasteiger partial charge in [-0.25, -0.2) is 0 Å². The van der Waals surface area contributed by atoms with Gasteiger partial charge in [-0.3, -0.25) is 9.69 Å². The van der Waals surface area contributed by atoms with Crippen molar-refractivity contribution in [2.75, 3.05) is 26.2 Å². The summed E-state index contributed by atoms with van der Waals surface area (Å²) in [7, 11) is 0. The van der Waals surface area contributed by atoms with Crippen LogP contribution in [0.3, 0.4) is 0 Å². The quantitative estimate of drug-likeness (QED) is 0.865. The van der Waals surface area contributed by atoms with Gasteiger partial charge in [0.05, 0.1) is 6.04 Å². The Hall–Kier alpha value is -1.19. The van der Waals surface area contributed by atoms with E-state index in [9.17, 15) is 4.79 Å². The molecule has 116 valence electrons.